The van der Waals surface area contributed by atoms with Gasteiger partial charge in [0.15, 0.2) is 0 Å². The largest absolute Gasteiger partial charge is 0.497 e. The van der Waals surface area contributed by atoms with Crippen LogP contribution in [0.4, 0.5) is 0 Å². The SMILES string of the molecule is COc1ccc(CN)cc1.COc1ccc(CNC(=O)c2ncn[nH]2)cc1.O=C(O)c1ncn[nH]1. The minimum atomic E-state index is -1.09. The second-order valence-electron chi connectivity index (χ2n) is 6.56. The van der Waals surface area contributed by atoms with Crippen molar-refractivity contribution in [1.82, 2.24) is 35.7 Å². The lowest BCUT2D eigenvalue weighted by Gasteiger charge is -2.04. The van der Waals surface area contributed by atoms with Crippen LogP contribution >= 0.6 is 0 Å². The summed E-state index contributed by atoms with van der Waals surface area (Å²) in [5.74, 6) is 0.358. The molecule has 0 aliphatic rings. The van der Waals surface area contributed by atoms with E-state index in [1.807, 2.05) is 48.5 Å². The smallest absolute Gasteiger partial charge is 0.373 e. The minimum absolute atomic E-state index is 0.134. The highest BCUT2D eigenvalue weighted by molar-refractivity contribution is 5.90. The third kappa shape index (κ3) is 9.31. The summed E-state index contributed by atoms with van der Waals surface area (Å²) in [6, 6.07) is 15.2. The maximum Gasteiger partial charge on any atom is 0.373 e. The second kappa shape index (κ2) is 14.4. The van der Waals surface area contributed by atoms with E-state index in [4.69, 9.17) is 20.3 Å². The summed E-state index contributed by atoms with van der Waals surface area (Å²) in [5, 5.41) is 22.5. The number of aromatic carboxylic acids is 1. The van der Waals surface area contributed by atoms with Crippen molar-refractivity contribution in [3.63, 3.8) is 0 Å². The van der Waals surface area contributed by atoms with Gasteiger partial charge in [-0.05, 0) is 35.4 Å². The van der Waals surface area contributed by atoms with Crippen molar-refractivity contribution >= 4 is 11.9 Å². The standard InChI is InChI=1S/C11H12N4O2.C8H11NO.C3H3N3O2/c1-17-9-4-2-8(3-5-9)6-12-11(16)10-13-7-14-15-10;1-10-8-4-2-7(6-9)3-5-8;7-3(8)2-4-1-5-6-2/h2-5,7H,6H2,1H3,(H,12,16)(H,13,14,15);2-5H,6,9H2,1H3;1H,(H,7,8)(H,4,5,6). The number of nitrogens with one attached hydrogen (secondary N) is 3. The molecular formula is C22H26N8O5. The number of benzene rings is 2. The second-order valence-corrected chi connectivity index (χ2v) is 6.56. The van der Waals surface area contributed by atoms with E-state index in [1.165, 1.54) is 6.33 Å². The number of rotatable bonds is 7. The lowest BCUT2D eigenvalue weighted by molar-refractivity contribution is 0.0683. The van der Waals surface area contributed by atoms with Gasteiger partial charge in [-0.2, -0.15) is 10.2 Å². The van der Waals surface area contributed by atoms with Crippen molar-refractivity contribution in [1.29, 1.82) is 0 Å². The molecule has 2 heterocycles. The first-order valence-corrected chi connectivity index (χ1v) is 10.1. The molecule has 0 bridgehead atoms. The van der Waals surface area contributed by atoms with Crippen molar-refractivity contribution in [2.24, 2.45) is 5.73 Å². The lowest BCUT2D eigenvalue weighted by Crippen LogP contribution is -2.23. The Morgan fingerprint density at radius 3 is 1.71 bits per heavy atom. The Morgan fingerprint density at radius 1 is 0.857 bits per heavy atom. The molecule has 13 nitrogen and oxygen atoms in total. The number of nitrogens with two attached hydrogens (primary N) is 1. The number of carboxylic acid groups (broad SMARTS) is 1. The van der Waals surface area contributed by atoms with Gasteiger partial charge in [-0.15, -0.1) is 0 Å². The van der Waals surface area contributed by atoms with E-state index < -0.39 is 5.97 Å². The molecule has 4 aromatic rings. The topological polar surface area (TPSA) is 194 Å². The van der Waals surface area contributed by atoms with Crippen LogP contribution in [0.5, 0.6) is 11.5 Å². The highest BCUT2D eigenvalue weighted by atomic mass is 16.5. The van der Waals surface area contributed by atoms with E-state index in [-0.39, 0.29) is 17.6 Å². The lowest BCUT2D eigenvalue weighted by atomic mass is 10.2. The number of nitrogens with zero attached hydrogens (tertiary/aromatic N) is 4. The van der Waals surface area contributed by atoms with Gasteiger partial charge in [0.25, 0.3) is 5.91 Å². The van der Waals surface area contributed by atoms with E-state index >= 15 is 0 Å². The molecule has 0 radical (unpaired) electrons. The molecule has 0 aliphatic heterocycles. The highest BCUT2D eigenvalue weighted by Crippen LogP contribution is 2.11. The molecule has 4 rings (SSSR count). The number of hydrogen-bond acceptors (Lipinski definition) is 9. The predicted molar refractivity (Wildman–Crippen MR) is 125 cm³/mol. The number of aromatic amines is 2. The monoisotopic (exact) mass is 482 g/mol. The Balaban J connectivity index is 0.000000204. The van der Waals surface area contributed by atoms with Gasteiger partial charge < -0.3 is 25.6 Å². The molecule has 0 saturated heterocycles. The number of H-pyrrole nitrogens is 2. The average Bonchev–Trinajstić information content (AvgIpc) is 3.63. The van der Waals surface area contributed by atoms with Gasteiger partial charge in [0.05, 0.1) is 14.2 Å². The van der Waals surface area contributed by atoms with Gasteiger partial charge in [0.2, 0.25) is 11.6 Å². The zero-order valence-corrected chi connectivity index (χ0v) is 19.1. The Kier molecular flexibility index (Phi) is 10.9. The van der Waals surface area contributed by atoms with E-state index in [9.17, 15) is 9.59 Å². The highest BCUT2D eigenvalue weighted by Gasteiger charge is 2.07. The fraction of sp³-hybridized carbons (Fsp3) is 0.182. The van der Waals surface area contributed by atoms with E-state index in [0.29, 0.717) is 13.1 Å². The Hall–Kier alpha value is -4.78. The summed E-state index contributed by atoms with van der Waals surface area (Å²) < 4.78 is 10.0. The summed E-state index contributed by atoms with van der Waals surface area (Å²) in [4.78, 5) is 28.6. The van der Waals surface area contributed by atoms with Crippen LogP contribution in [0.1, 0.15) is 32.4 Å². The first kappa shape index (κ1) is 26.5. The van der Waals surface area contributed by atoms with Crippen LogP contribution in [-0.4, -0.2) is 61.6 Å². The van der Waals surface area contributed by atoms with Gasteiger partial charge >= 0.3 is 5.97 Å². The maximum absolute atomic E-state index is 11.5. The first-order valence-electron chi connectivity index (χ1n) is 10.1. The molecule has 13 heteroatoms. The van der Waals surface area contributed by atoms with Gasteiger partial charge in [0, 0.05) is 13.1 Å². The Labute approximate surface area is 200 Å². The number of hydrogen-bond donors (Lipinski definition) is 5. The Morgan fingerprint density at radius 2 is 1.34 bits per heavy atom. The number of carbonyl (C=O) groups excluding carboxylic acids is 1. The van der Waals surface area contributed by atoms with Gasteiger partial charge in [-0.3, -0.25) is 15.0 Å². The van der Waals surface area contributed by atoms with Crippen LogP contribution in [0.25, 0.3) is 0 Å². The summed E-state index contributed by atoms with van der Waals surface area (Å²) in [6.07, 6.45) is 2.44. The molecule has 35 heavy (non-hydrogen) atoms. The fourth-order valence-electron chi connectivity index (χ4n) is 2.39. The molecule has 0 atom stereocenters. The molecular weight excluding hydrogens is 456 g/mol. The Bertz CT molecular complexity index is 1110. The van der Waals surface area contributed by atoms with Crippen LogP contribution in [0.2, 0.25) is 0 Å². The molecule has 1 amide bonds. The van der Waals surface area contributed by atoms with Crippen molar-refractivity contribution in [2.75, 3.05) is 14.2 Å². The third-order valence-corrected chi connectivity index (χ3v) is 4.25. The normalized spacial score (nSPS) is 9.57. The summed E-state index contributed by atoms with van der Waals surface area (Å²) in [5.41, 5.74) is 7.51. The minimum Gasteiger partial charge on any atom is -0.497 e. The molecule has 2 aromatic carbocycles. The molecule has 0 saturated carbocycles. The molecule has 0 fully saturated rings. The third-order valence-electron chi connectivity index (χ3n) is 4.25. The van der Waals surface area contributed by atoms with Crippen LogP contribution in [0, 0.1) is 0 Å². The van der Waals surface area contributed by atoms with Gasteiger partial charge in [-0.1, -0.05) is 24.3 Å². The zero-order valence-electron chi connectivity index (χ0n) is 19.1. The number of ether oxygens (including phenoxy) is 2. The van der Waals surface area contributed by atoms with Gasteiger partial charge in [0.1, 0.15) is 24.2 Å². The van der Waals surface area contributed by atoms with Crippen molar-refractivity contribution < 1.29 is 24.2 Å². The fourth-order valence-corrected chi connectivity index (χ4v) is 2.39. The van der Waals surface area contributed by atoms with E-state index in [2.05, 4.69) is 35.7 Å². The number of carbonyl (C=O) groups is 2. The van der Waals surface area contributed by atoms with Crippen molar-refractivity contribution in [2.45, 2.75) is 13.1 Å². The molecule has 0 aliphatic carbocycles. The zero-order chi connectivity index (χ0) is 25.5. The number of methoxy groups -OCH3 is 2. The average molecular weight is 483 g/mol. The first-order chi connectivity index (χ1) is 17.0. The van der Waals surface area contributed by atoms with Crippen LogP contribution in [0.3, 0.4) is 0 Å². The van der Waals surface area contributed by atoms with E-state index in [0.717, 1.165) is 29.0 Å². The van der Waals surface area contributed by atoms with Gasteiger partial charge in [-0.25, -0.2) is 14.8 Å². The molecule has 0 spiro atoms. The molecule has 184 valence electrons. The van der Waals surface area contributed by atoms with Crippen LogP contribution in [0.15, 0.2) is 61.2 Å². The number of carboxylic acids is 1. The molecule has 2 aromatic heterocycles. The summed E-state index contributed by atoms with van der Waals surface area (Å²) >= 11 is 0. The quantitative estimate of drug-likeness (QED) is 0.257. The number of aromatic nitrogens is 6. The van der Waals surface area contributed by atoms with Crippen LogP contribution in [-0.2, 0) is 13.1 Å². The molecule has 0 unspecified atom stereocenters. The summed E-state index contributed by atoms with van der Waals surface area (Å²) in [7, 11) is 3.26. The number of amides is 1. The van der Waals surface area contributed by atoms with Crippen LogP contribution < -0.4 is 20.5 Å². The maximum atomic E-state index is 11.5. The summed E-state index contributed by atoms with van der Waals surface area (Å²) in [6.45, 7) is 1.02. The molecule has 6 N–H and O–H groups in total. The van der Waals surface area contributed by atoms with Crippen molar-refractivity contribution in [3.05, 3.63) is 84.0 Å². The predicted octanol–water partition coefficient (Wildman–Crippen LogP) is 1.40. The van der Waals surface area contributed by atoms with E-state index in [1.54, 1.807) is 14.2 Å². The van der Waals surface area contributed by atoms with Crippen molar-refractivity contribution in [3.8, 4) is 11.5 Å².